The number of benzene rings is 1. The number of rotatable bonds is 5. The van der Waals surface area contributed by atoms with E-state index in [1.807, 2.05) is 18.2 Å². The van der Waals surface area contributed by atoms with Crippen molar-refractivity contribution in [3.8, 4) is 0 Å². The first-order chi connectivity index (χ1) is 10.6. The summed E-state index contributed by atoms with van der Waals surface area (Å²) in [6.07, 6.45) is -1.06. The number of morpholine rings is 1. The molecule has 3 atom stereocenters. The predicted molar refractivity (Wildman–Crippen MR) is 83.2 cm³/mol. The molecular formula is C17H25NO4. The molecule has 0 bridgehead atoms. The normalized spacial score (nSPS) is 26.1. The minimum atomic E-state index is -0.632. The fraction of sp³-hybridized carbons (Fsp3) is 0.588. The lowest BCUT2D eigenvalue weighted by Gasteiger charge is -2.44. The van der Waals surface area contributed by atoms with Gasteiger partial charge >= 0.3 is 5.97 Å². The lowest BCUT2D eigenvalue weighted by Crippen LogP contribution is -2.59. The van der Waals surface area contributed by atoms with Gasteiger partial charge in [-0.3, -0.25) is 4.90 Å². The number of carbonyl (C=O) groups is 1. The molecule has 1 aliphatic rings. The van der Waals surface area contributed by atoms with Crippen molar-refractivity contribution < 1.29 is 19.0 Å². The monoisotopic (exact) mass is 307 g/mol. The first-order valence-electron chi connectivity index (χ1n) is 7.61. The summed E-state index contributed by atoms with van der Waals surface area (Å²) in [4.78, 5) is 14.4. The predicted octanol–water partition coefficient (Wildman–Crippen LogP) is 2.06. The van der Waals surface area contributed by atoms with Crippen LogP contribution in [0.25, 0.3) is 0 Å². The summed E-state index contributed by atoms with van der Waals surface area (Å²) in [6.45, 7) is 5.56. The van der Waals surface area contributed by atoms with E-state index in [2.05, 4.69) is 30.9 Å². The van der Waals surface area contributed by atoms with Crippen LogP contribution >= 0.6 is 0 Å². The van der Waals surface area contributed by atoms with E-state index in [0.29, 0.717) is 6.54 Å². The molecule has 122 valence electrons. The van der Waals surface area contributed by atoms with Gasteiger partial charge in [-0.2, -0.15) is 0 Å². The van der Waals surface area contributed by atoms with Gasteiger partial charge in [0.2, 0.25) is 0 Å². The molecule has 1 fully saturated rings. The Morgan fingerprint density at radius 2 is 2.00 bits per heavy atom. The van der Waals surface area contributed by atoms with Gasteiger partial charge in [0, 0.05) is 19.7 Å². The molecule has 1 aromatic rings. The standard InChI is InChI=1S/C17H25NO4/c1-12(2)15-16(17(19)21-4)22-14(20-3)11-18(15)10-13-8-6-5-7-9-13/h5-9,12,14-16H,10-11H2,1-4H3/t14-,15-,16+/m0/s1. The second-order valence-corrected chi connectivity index (χ2v) is 5.89. The molecule has 0 aliphatic carbocycles. The number of carbonyl (C=O) groups excluding carboxylic acids is 1. The van der Waals surface area contributed by atoms with Gasteiger partial charge in [0.15, 0.2) is 12.4 Å². The topological polar surface area (TPSA) is 48.0 Å². The maximum absolute atomic E-state index is 12.1. The Hall–Kier alpha value is -1.43. The molecule has 0 saturated carbocycles. The van der Waals surface area contributed by atoms with Crippen molar-refractivity contribution in [3.63, 3.8) is 0 Å². The number of hydrogen-bond acceptors (Lipinski definition) is 5. The van der Waals surface area contributed by atoms with Gasteiger partial charge < -0.3 is 14.2 Å². The van der Waals surface area contributed by atoms with Crippen LogP contribution in [0.2, 0.25) is 0 Å². The lowest BCUT2D eigenvalue weighted by atomic mass is 9.94. The third-order valence-electron chi connectivity index (χ3n) is 4.02. The Morgan fingerprint density at radius 3 is 2.55 bits per heavy atom. The van der Waals surface area contributed by atoms with Crippen LogP contribution in [0.3, 0.4) is 0 Å². The van der Waals surface area contributed by atoms with Crippen molar-refractivity contribution in [1.29, 1.82) is 0 Å². The van der Waals surface area contributed by atoms with Crippen molar-refractivity contribution >= 4 is 5.97 Å². The smallest absolute Gasteiger partial charge is 0.336 e. The van der Waals surface area contributed by atoms with Crippen LogP contribution in [-0.4, -0.2) is 50.1 Å². The van der Waals surface area contributed by atoms with E-state index in [4.69, 9.17) is 14.2 Å². The molecule has 0 spiro atoms. The average molecular weight is 307 g/mol. The van der Waals surface area contributed by atoms with E-state index in [0.717, 1.165) is 6.54 Å². The molecule has 5 nitrogen and oxygen atoms in total. The number of esters is 1. The fourth-order valence-electron chi connectivity index (χ4n) is 2.99. The summed E-state index contributed by atoms with van der Waals surface area (Å²) in [5.41, 5.74) is 1.20. The number of hydrogen-bond donors (Lipinski definition) is 0. The SMILES string of the molecule is COC(=O)[C@@H]1O[C@H](OC)CN(Cc2ccccc2)[C@H]1C(C)C. The quantitative estimate of drug-likeness (QED) is 0.779. The molecule has 22 heavy (non-hydrogen) atoms. The van der Waals surface area contributed by atoms with Crippen LogP contribution in [0.1, 0.15) is 19.4 Å². The highest BCUT2D eigenvalue weighted by atomic mass is 16.7. The average Bonchev–Trinajstić information content (AvgIpc) is 2.53. The van der Waals surface area contributed by atoms with Crippen LogP contribution < -0.4 is 0 Å². The molecule has 2 rings (SSSR count). The molecule has 1 aromatic carbocycles. The minimum absolute atomic E-state index is 0.0425. The summed E-state index contributed by atoms with van der Waals surface area (Å²) < 4.78 is 16.0. The van der Waals surface area contributed by atoms with Crippen LogP contribution in [0.4, 0.5) is 0 Å². The molecule has 1 saturated heterocycles. The first kappa shape index (κ1) is 16.9. The molecule has 0 aromatic heterocycles. The van der Waals surface area contributed by atoms with E-state index in [1.165, 1.54) is 12.7 Å². The van der Waals surface area contributed by atoms with Gasteiger partial charge in [-0.05, 0) is 11.5 Å². The lowest BCUT2D eigenvalue weighted by molar-refractivity contribution is -0.232. The Balaban J connectivity index is 2.24. The van der Waals surface area contributed by atoms with Gasteiger partial charge in [-0.1, -0.05) is 44.2 Å². The number of ether oxygens (including phenoxy) is 3. The van der Waals surface area contributed by atoms with Gasteiger partial charge in [-0.15, -0.1) is 0 Å². The molecule has 5 heteroatoms. The number of methoxy groups -OCH3 is 2. The Bertz CT molecular complexity index is 477. The summed E-state index contributed by atoms with van der Waals surface area (Å²) in [7, 11) is 2.98. The molecule has 0 unspecified atom stereocenters. The Kier molecular flexibility index (Phi) is 5.94. The summed E-state index contributed by atoms with van der Waals surface area (Å²) in [6, 6.07) is 10.2. The third-order valence-corrected chi connectivity index (χ3v) is 4.02. The summed E-state index contributed by atoms with van der Waals surface area (Å²) in [5, 5.41) is 0. The van der Waals surface area contributed by atoms with E-state index in [9.17, 15) is 4.79 Å². The van der Waals surface area contributed by atoms with Crippen molar-refractivity contribution in [3.05, 3.63) is 35.9 Å². The van der Waals surface area contributed by atoms with E-state index < -0.39 is 12.4 Å². The zero-order valence-corrected chi connectivity index (χ0v) is 13.7. The van der Waals surface area contributed by atoms with E-state index in [-0.39, 0.29) is 17.9 Å². The third kappa shape index (κ3) is 3.85. The van der Waals surface area contributed by atoms with Crippen molar-refractivity contribution in [1.82, 2.24) is 4.90 Å². The highest BCUT2D eigenvalue weighted by Gasteiger charge is 2.43. The Labute approximate surface area is 132 Å². The largest absolute Gasteiger partial charge is 0.467 e. The number of nitrogens with zero attached hydrogens (tertiary/aromatic N) is 1. The van der Waals surface area contributed by atoms with Crippen molar-refractivity contribution in [2.24, 2.45) is 5.92 Å². The van der Waals surface area contributed by atoms with Crippen LogP contribution in [-0.2, 0) is 25.5 Å². The second kappa shape index (κ2) is 7.72. The molecular weight excluding hydrogens is 282 g/mol. The molecule has 0 N–H and O–H groups in total. The minimum Gasteiger partial charge on any atom is -0.467 e. The molecule has 0 radical (unpaired) electrons. The maximum Gasteiger partial charge on any atom is 0.336 e. The highest BCUT2D eigenvalue weighted by Crippen LogP contribution is 2.27. The zero-order valence-electron chi connectivity index (χ0n) is 13.7. The van der Waals surface area contributed by atoms with Gasteiger partial charge in [0.05, 0.1) is 13.7 Å². The molecule has 1 aliphatic heterocycles. The fourth-order valence-corrected chi connectivity index (χ4v) is 2.99. The van der Waals surface area contributed by atoms with Gasteiger partial charge in [0.1, 0.15) is 0 Å². The van der Waals surface area contributed by atoms with Crippen LogP contribution in [0.5, 0.6) is 0 Å². The zero-order chi connectivity index (χ0) is 16.1. The van der Waals surface area contributed by atoms with E-state index in [1.54, 1.807) is 7.11 Å². The Morgan fingerprint density at radius 1 is 1.32 bits per heavy atom. The van der Waals surface area contributed by atoms with Crippen LogP contribution in [0, 0.1) is 5.92 Å². The maximum atomic E-state index is 12.1. The van der Waals surface area contributed by atoms with Gasteiger partial charge in [0.25, 0.3) is 0 Å². The summed E-state index contributed by atoms with van der Waals surface area (Å²) in [5.74, 6) is -0.0934. The molecule has 1 heterocycles. The molecule has 0 amide bonds. The second-order valence-electron chi connectivity index (χ2n) is 5.89. The van der Waals surface area contributed by atoms with Gasteiger partial charge in [-0.25, -0.2) is 4.79 Å². The summed E-state index contributed by atoms with van der Waals surface area (Å²) >= 11 is 0. The van der Waals surface area contributed by atoms with Crippen molar-refractivity contribution in [2.75, 3.05) is 20.8 Å². The van der Waals surface area contributed by atoms with E-state index >= 15 is 0 Å². The first-order valence-corrected chi connectivity index (χ1v) is 7.61. The highest BCUT2D eigenvalue weighted by molar-refractivity contribution is 5.75. The van der Waals surface area contributed by atoms with Crippen molar-refractivity contribution in [2.45, 2.75) is 38.8 Å². The van der Waals surface area contributed by atoms with Crippen LogP contribution in [0.15, 0.2) is 30.3 Å².